The molecule has 0 aliphatic heterocycles. The molecule has 3 nitrogen and oxygen atoms in total. The van der Waals surface area contributed by atoms with E-state index in [4.69, 9.17) is 4.74 Å². The zero-order valence-electron chi connectivity index (χ0n) is 12.2. The summed E-state index contributed by atoms with van der Waals surface area (Å²) < 4.78 is 29.6. The van der Waals surface area contributed by atoms with Gasteiger partial charge in [-0.15, -0.1) is 0 Å². The van der Waals surface area contributed by atoms with Crippen molar-refractivity contribution in [1.82, 2.24) is 10.3 Å². The van der Waals surface area contributed by atoms with E-state index in [2.05, 4.69) is 10.3 Å². The van der Waals surface area contributed by atoms with Crippen LogP contribution in [0.5, 0.6) is 5.88 Å². The molecule has 0 amide bonds. The Morgan fingerprint density at radius 1 is 1.32 bits per heavy atom. The molecule has 0 radical (unpaired) electrons. The van der Waals surface area contributed by atoms with E-state index in [9.17, 15) is 8.78 Å². The first-order valence-electron chi connectivity index (χ1n) is 6.32. The molecule has 1 aromatic rings. The van der Waals surface area contributed by atoms with Crippen LogP contribution in [0, 0.1) is 13.8 Å². The quantitative estimate of drug-likeness (QED) is 0.893. The van der Waals surface area contributed by atoms with Gasteiger partial charge >= 0.3 is 0 Å². The lowest BCUT2D eigenvalue weighted by Gasteiger charge is -2.22. The topological polar surface area (TPSA) is 34.1 Å². The highest BCUT2D eigenvalue weighted by molar-refractivity contribution is 5.36. The lowest BCUT2D eigenvalue weighted by molar-refractivity contribution is 0.0788. The van der Waals surface area contributed by atoms with E-state index in [0.717, 1.165) is 16.8 Å². The minimum Gasteiger partial charge on any atom is -0.471 e. The zero-order valence-corrected chi connectivity index (χ0v) is 12.2. The third-order valence-electron chi connectivity index (χ3n) is 2.58. The maximum absolute atomic E-state index is 12.3. The van der Waals surface area contributed by atoms with Crippen molar-refractivity contribution in [3.63, 3.8) is 0 Å². The van der Waals surface area contributed by atoms with E-state index in [1.165, 1.54) is 0 Å². The molecule has 0 aromatic carbocycles. The lowest BCUT2D eigenvalue weighted by Crippen LogP contribution is -2.35. The lowest BCUT2D eigenvalue weighted by atomic mass is 10.1. The molecule has 1 aromatic heterocycles. The minimum absolute atomic E-state index is 0.0582. The molecule has 0 bridgehead atoms. The number of ether oxygens (including phenoxy) is 1. The summed E-state index contributed by atoms with van der Waals surface area (Å²) in [6.07, 6.45) is -2.49. The molecule has 0 saturated carbocycles. The van der Waals surface area contributed by atoms with E-state index < -0.39 is 13.0 Å². The monoisotopic (exact) mass is 272 g/mol. The molecule has 108 valence electrons. The summed E-state index contributed by atoms with van der Waals surface area (Å²) in [5.74, 6) is 0.301. The highest BCUT2D eigenvalue weighted by Crippen LogP contribution is 2.22. The Morgan fingerprint density at radius 2 is 1.95 bits per heavy atom. The van der Waals surface area contributed by atoms with Crippen LogP contribution in [0.3, 0.4) is 0 Å². The largest absolute Gasteiger partial charge is 0.471 e. The van der Waals surface area contributed by atoms with Gasteiger partial charge in [0.15, 0.2) is 6.61 Å². The molecule has 0 unspecified atom stereocenters. The highest BCUT2D eigenvalue weighted by Gasteiger charge is 2.15. The van der Waals surface area contributed by atoms with Crippen molar-refractivity contribution in [2.45, 2.75) is 53.1 Å². The standard InChI is InChI=1S/C14H22F2N2O/c1-9-6-10(2)18-13(19-8-12(15)16)11(9)7-17-14(3,4)5/h6,12,17H,7-8H2,1-5H3. The number of nitrogens with zero attached hydrogens (tertiary/aromatic N) is 1. The van der Waals surface area contributed by atoms with Gasteiger partial charge in [0.1, 0.15) is 0 Å². The molecule has 0 spiro atoms. The number of hydrogen-bond acceptors (Lipinski definition) is 3. The molecule has 0 aliphatic rings. The Hall–Kier alpha value is -1.23. The summed E-state index contributed by atoms with van der Waals surface area (Å²) in [6.45, 7) is 9.81. The SMILES string of the molecule is Cc1cc(C)c(CNC(C)(C)C)c(OCC(F)F)n1. The highest BCUT2D eigenvalue weighted by atomic mass is 19.3. The first-order chi connectivity index (χ1) is 8.69. The Balaban J connectivity index is 2.92. The Morgan fingerprint density at radius 3 is 2.47 bits per heavy atom. The fourth-order valence-corrected chi connectivity index (χ4v) is 1.66. The maximum Gasteiger partial charge on any atom is 0.272 e. The Labute approximate surface area is 113 Å². The van der Waals surface area contributed by atoms with Crippen LogP contribution in [0.1, 0.15) is 37.6 Å². The first-order valence-corrected chi connectivity index (χ1v) is 6.32. The zero-order chi connectivity index (χ0) is 14.6. The number of halogens is 2. The summed E-state index contributed by atoms with van der Waals surface area (Å²) >= 11 is 0. The molecule has 0 fully saturated rings. The summed E-state index contributed by atoms with van der Waals surface area (Å²) in [4.78, 5) is 4.21. The first kappa shape index (κ1) is 15.8. The van der Waals surface area contributed by atoms with Gasteiger partial charge < -0.3 is 10.1 Å². The summed E-state index contributed by atoms with van der Waals surface area (Å²) in [5, 5.41) is 3.32. The third kappa shape index (κ3) is 5.51. The van der Waals surface area contributed by atoms with E-state index in [0.29, 0.717) is 12.4 Å². The van der Waals surface area contributed by atoms with Crippen LogP contribution in [-0.2, 0) is 6.54 Å². The Kier molecular flexibility index (Phi) is 5.23. The smallest absolute Gasteiger partial charge is 0.272 e. The third-order valence-corrected chi connectivity index (χ3v) is 2.58. The van der Waals surface area contributed by atoms with Crippen molar-refractivity contribution < 1.29 is 13.5 Å². The normalized spacial score (nSPS) is 12.0. The van der Waals surface area contributed by atoms with Gasteiger partial charge in [-0.2, -0.15) is 0 Å². The van der Waals surface area contributed by atoms with Gasteiger partial charge in [-0.3, -0.25) is 0 Å². The van der Waals surface area contributed by atoms with Gasteiger partial charge in [-0.25, -0.2) is 13.8 Å². The molecule has 0 atom stereocenters. The van der Waals surface area contributed by atoms with Crippen LogP contribution in [0.2, 0.25) is 0 Å². The fraction of sp³-hybridized carbons (Fsp3) is 0.643. The van der Waals surface area contributed by atoms with Crippen LogP contribution in [0.15, 0.2) is 6.07 Å². The van der Waals surface area contributed by atoms with Gasteiger partial charge in [-0.05, 0) is 46.2 Å². The van der Waals surface area contributed by atoms with Crippen molar-refractivity contribution >= 4 is 0 Å². The van der Waals surface area contributed by atoms with Crippen molar-refractivity contribution in [3.05, 3.63) is 22.9 Å². The molecular weight excluding hydrogens is 250 g/mol. The molecule has 19 heavy (non-hydrogen) atoms. The fourth-order valence-electron chi connectivity index (χ4n) is 1.66. The average Bonchev–Trinajstić information content (AvgIpc) is 2.23. The van der Waals surface area contributed by atoms with Gasteiger partial charge in [0.05, 0.1) is 0 Å². The van der Waals surface area contributed by atoms with Gasteiger partial charge in [0, 0.05) is 23.3 Å². The van der Waals surface area contributed by atoms with E-state index in [-0.39, 0.29) is 5.54 Å². The molecule has 0 aliphatic carbocycles. The summed E-state index contributed by atoms with van der Waals surface area (Å²) in [5.41, 5.74) is 2.54. The number of rotatable bonds is 5. The average molecular weight is 272 g/mol. The minimum atomic E-state index is -2.49. The van der Waals surface area contributed by atoms with E-state index >= 15 is 0 Å². The Bertz CT molecular complexity index is 428. The number of pyridine rings is 1. The molecule has 0 saturated heterocycles. The van der Waals surface area contributed by atoms with Crippen molar-refractivity contribution in [3.8, 4) is 5.88 Å². The predicted molar refractivity (Wildman–Crippen MR) is 71.8 cm³/mol. The number of aryl methyl sites for hydroxylation is 2. The van der Waals surface area contributed by atoms with Crippen molar-refractivity contribution in [2.75, 3.05) is 6.61 Å². The summed E-state index contributed by atoms with van der Waals surface area (Å²) in [6, 6.07) is 1.93. The van der Waals surface area contributed by atoms with Crippen LogP contribution in [0.4, 0.5) is 8.78 Å². The van der Waals surface area contributed by atoms with Crippen molar-refractivity contribution in [2.24, 2.45) is 0 Å². The molecule has 5 heteroatoms. The van der Waals surface area contributed by atoms with Crippen molar-refractivity contribution in [1.29, 1.82) is 0 Å². The maximum atomic E-state index is 12.3. The second-order valence-electron chi connectivity index (χ2n) is 5.67. The molecule has 1 rings (SSSR count). The second-order valence-corrected chi connectivity index (χ2v) is 5.67. The second kappa shape index (κ2) is 6.28. The number of nitrogens with one attached hydrogen (secondary N) is 1. The number of hydrogen-bond donors (Lipinski definition) is 1. The van der Waals surface area contributed by atoms with Crippen LogP contribution < -0.4 is 10.1 Å². The van der Waals surface area contributed by atoms with Crippen LogP contribution in [-0.4, -0.2) is 23.6 Å². The predicted octanol–water partition coefficient (Wildman–Crippen LogP) is 3.23. The molecule has 1 heterocycles. The molecular formula is C14H22F2N2O. The van der Waals surface area contributed by atoms with E-state index in [1.54, 1.807) is 0 Å². The van der Waals surface area contributed by atoms with Crippen LogP contribution in [0.25, 0.3) is 0 Å². The van der Waals surface area contributed by atoms with Gasteiger partial charge in [-0.1, -0.05) is 0 Å². The number of aromatic nitrogens is 1. The molecule has 1 N–H and O–H groups in total. The van der Waals surface area contributed by atoms with Crippen LogP contribution >= 0.6 is 0 Å². The summed E-state index contributed by atoms with van der Waals surface area (Å²) in [7, 11) is 0. The van der Waals surface area contributed by atoms with E-state index in [1.807, 2.05) is 40.7 Å². The van der Waals surface area contributed by atoms with Gasteiger partial charge in [0.2, 0.25) is 5.88 Å². The number of alkyl halides is 2. The van der Waals surface area contributed by atoms with Gasteiger partial charge in [0.25, 0.3) is 6.43 Å².